The van der Waals surface area contributed by atoms with Gasteiger partial charge in [0.2, 0.25) is 12.2 Å². The van der Waals surface area contributed by atoms with Gasteiger partial charge in [-0.15, -0.1) is 0 Å². The summed E-state index contributed by atoms with van der Waals surface area (Å²) in [5.41, 5.74) is 4.93. The fourth-order valence-corrected chi connectivity index (χ4v) is 0.858. The van der Waals surface area contributed by atoms with Gasteiger partial charge in [0.05, 0.1) is 0 Å². The van der Waals surface area contributed by atoms with Crippen molar-refractivity contribution in [1.29, 1.82) is 0 Å². The Morgan fingerprint density at radius 1 is 1.55 bits per heavy atom. The normalized spacial score (nSPS) is 12.5. The molecule has 0 bridgehead atoms. The summed E-state index contributed by atoms with van der Waals surface area (Å²) in [6.07, 6.45) is 5.17. The van der Waals surface area contributed by atoms with Gasteiger partial charge in [-0.3, -0.25) is 9.59 Å². The molecule has 2 N–H and O–H groups in total. The summed E-state index contributed by atoms with van der Waals surface area (Å²) in [6, 6.07) is 0. The molecule has 0 aliphatic carbocycles. The molecule has 0 spiro atoms. The SMILES string of the molecule is CCCCCC([C]=O)C(N)=O. The van der Waals surface area contributed by atoms with Crippen LogP contribution in [0.5, 0.6) is 0 Å². The van der Waals surface area contributed by atoms with Gasteiger partial charge in [-0.05, 0) is 6.42 Å². The molecule has 3 heteroatoms. The van der Waals surface area contributed by atoms with E-state index in [4.69, 9.17) is 5.73 Å². The number of hydrogen-bond donors (Lipinski definition) is 1. The molecule has 0 aliphatic rings. The zero-order valence-electron chi connectivity index (χ0n) is 6.80. The third kappa shape index (κ3) is 4.53. The monoisotopic (exact) mass is 156 g/mol. The third-order valence-electron chi connectivity index (χ3n) is 1.58. The predicted octanol–water partition coefficient (Wildman–Crippen LogP) is 0.778. The maximum atomic E-state index is 10.5. The molecule has 63 valence electrons. The first-order chi connectivity index (χ1) is 5.22. The van der Waals surface area contributed by atoms with Gasteiger partial charge < -0.3 is 5.73 Å². The number of unbranched alkanes of at least 4 members (excludes halogenated alkanes) is 2. The topological polar surface area (TPSA) is 60.2 Å². The van der Waals surface area contributed by atoms with Crippen molar-refractivity contribution in [1.82, 2.24) is 0 Å². The van der Waals surface area contributed by atoms with E-state index < -0.39 is 11.8 Å². The van der Waals surface area contributed by atoms with Crippen LogP contribution in [0.4, 0.5) is 0 Å². The fourth-order valence-electron chi connectivity index (χ4n) is 0.858. The predicted molar refractivity (Wildman–Crippen MR) is 42.5 cm³/mol. The lowest BCUT2D eigenvalue weighted by molar-refractivity contribution is -0.120. The largest absolute Gasteiger partial charge is 0.369 e. The molecule has 0 aromatic heterocycles. The van der Waals surface area contributed by atoms with Crippen molar-refractivity contribution < 1.29 is 9.59 Å². The summed E-state index contributed by atoms with van der Waals surface area (Å²) in [5.74, 6) is -1.25. The molecule has 0 aliphatic heterocycles. The average molecular weight is 156 g/mol. The molecule has 0 heterocycles. The van der Waals surface area contributed by atoms with E-state index in [9.17, 15) is 9.59 Å². The zero-order chi connectivity index (χ0) is 8.69. The van der Waals surface area contributed by atoms with E-state index in [1.165, 1.54) is 0 Å². The minimum atomic E-state index is -0.693. The van der Waals surface area contributed by atoms with Crippen LogP contribution in [0.15, 0.2) is 0 Å². The molecule has 0 aromatic carbocycles. The van der Waals surface area contributed by atoms with Crippen LogP contribution in [0.1, 0.15) is 32.6 Å². The highest BCUT2D eigenvalue weighted by Crippen LogP contribution is 2.06. The van der Waals surface area contributed by atoms with Crippen molar-refractivity contribution in [3.63, 3.8) is 0 Å². The highest BCUT2D eigenvalue weighted by molar-refractivity contribution is 5.90. The van der Waals surface area contributed by atoms with Gasteiger partial charge in [0.15, 0.2) is 0 Å². The Kier molecular flexibility index (Phi) is 5.43. The Hall–Kier alpha value is -0.860. The molecule has 3 nitrogen and oxygen atoms in total. The summed E-state index contributed by atoms with van der Waals surface area (Å²) < 4.78 is 0. The minimum absolute atomic E-state index is 0.548. The Bertz CT molecular complexity index is 134. The van der Waals surface area contributed by atoms with Crippen molar-refractivity contribution in [3.05, 3.63) is 0 Å². The molecule has 0 rings (SSSR count). The van der Waals surface area contributed by atoms with Gasteiger partial charge in [-0.25, -0.2) is 0 Å². The summed E-state index contributed by atoms with van der Waals surface area (Å²) in [6.45, 7) is 2.06. The number of primary amides is 1. The zero-order valence-corrected chi connectivity index (χ0v) is 6.80. The Morgan fingerprint density at radius 2 is 2.18 bits per heavy atom. The summed E-state index contributed by atoms with van der Waals surface area (Å²) in [4.78, 5) is 20.6. The molecule has 0 saturated carbocycles. The third-order valence-corrected chi connectivity index (χ3v) is 1.58. The first kappa shape index (κ1) is 10.1. The van der Waals surface area contributed by atoms with Crippen molar-refractivity contribution in [2.45, 2.75) is 32.6 Å². The second-order valence-electron chi connectivity index (χ2n) is 2.57. The van der Waals surface area contributed by atoms with Gasteiger partial charge in [0.1, 0.15) is 5.92 Å². The van der Waals surface area contributed by atoms with Crippen molar-refractivity contribution in [3.8, 4) is 0 Å². The number of nitrogens with two attached hydrogens (primary N) is 1. The number of amides is 1. The van der Waals surface area contributed by atoms with Gasteiger partial charge >= 0.3 is 0 Å². The first-order valence-corrected chi connectivity index (χ1v) is 3.89. The van der Waals surface area contributed by atoms with Crippen molar-refractivity contribution >= 4 is 12.2 Å². The van der Waals surface area contributed by atoms with Crippen LogP contribution in [0.2, 0.25) is 0 Å². The van der Waals surface area contributed by atoms with Gasteiger partial charge in [-0.2, -0.15) is 0 Å². The van der Waals surface area contributed by atoms with Crippen LogP contribution in [0.25, 0.3) is 0 Å². The van der Waals surface area contributed by atoms with Gasteiger partial charge in [0, 0.05) is 0 Å². The Balaban J connectivity index is 3.52. The van der Waals surface area contributed by atoms with Gasteiger partial charge in [0.25, 0.3) is 0 Å². The highest BCUT2D eigenvalue weighted by Gasteiger charge is 2.13. The second-order valence-corrected chi connectivity index (χ2v) is 2.57. The number of carbonyl (C=O) groups excluding carboxylic acids is 2. The van der Waals surface area contributed by atoms with Crippen LogP contribution >= 0.6 is 0 Å². The summed E-state index contributed by atoms with van der Waals surface area (Å²) >= 11 is 0. The lowest BCUT2D eigenvalue weighted by atomic mass is 10.0. The van der Waals surface area contributed by atoms with Crippen LogP contribution in [0, 0.1) is 5.92 Å². The smallest absolute Gasteiger partial charge is 0.228 e. The number of rotatable bonds is 6. The molecule has 1 amide bonds. The van der Waals surface area contributed by atoms with E-state index in [-0.39, 0.29) is 0 Å². The number of hydrogen-bond acceptors (Lipinski definition) is 2. The Labute approximate surface area is 67.0 Å². The van der Waals surface area contributed by atoms with E-state index in [2.05, 4.69) is 6.92 Å². The van der Waals surface area contributed by atoms with Crippen molar-refractivity contribution in [2.24, 2.45) is 11.7 Å². The first-order valence-electron chi connectivity index (χ1n) is 3.89. The maximum Gasteiger partial charge on any atom is 0.228 e. The second kappa shape index (κ2) is 5.89. The fraction of sp³-hybridized carbons (Fsp3) is 0.750. The summed E-state index contributed by atoms with van der Waals surface area (Å²) in [7, 11) is 0. The van der Waals surface area contributed by atoms with E-state index in [0.29, 0.717) is 6.42 Å². The number of carbonyl (C=O) groups is 1. The molecule has 1 unspecified atom stereocenters. The standard InChI is InChI=1S/C8H14NO2/c1-2-3-4-5-7(6-10)8(9)11/h7H,2-5H2,1H3,(H2,9,11). The van der Waals surface area contributed by atoms with Gasteiger partial charge in [-0.1, -0.05) is 26.2 Å². The van der Waals surface area contributed by atoms with E-state index in [1.807, 2.05) is 0 Å². The lowest BCUT2D eigenvalue weighted by Gasteiger charge is -2.02. The van der Waals surface area contributed by atoms with Crippen LogP contribution in [-0.2, 0) is 9.59 Å². The lowest BCUT2D eigenvalue weighted by Crippen LogP contribution is -2.24. The molecule has 1 atom stereocenters. The molecular formula is C8H14NO2. The average Bonchev–Trinajstić information content (AvgIpc) is 1.97. The maximum absolute atomic E-state index is 10.5. The molecule has 11 heavy (non-hydrogen) atoms. The van der Waals surface area contributed by atoms with E-state index in [1.54, 1.807) is 6.29 Å². The van der Waals surface area contributed by atoms with Crippen molar-refractivity contribution in [2.75, 3.05) is 0 Å². The summed E-state index contributed by atoms with van der Waals surface area (Å²) in [5, 5.41) is 0. The molecular weight excluding hydrogens is 142 g/mol. The van der Waals surface area contributed by atoms with E-state index in [0.717, 1.165) is 19.3 Å². The Morgan fingerprint density at radius 3 is 2.55 bits per heavy atom. The molecule has 0 saturated heterocycles. The van der Waals surface area contributed by atoms with Crippen LogP contribution in [0.3, 0.4) is 0 Å². The minimum Gasteiger partial charge on any atom is -0.369 e. The van der Waals surface area contributed by atoms with Crippen LogP contribution < -0.4 is 5.73 Å². The van der Waals surface area contributed by atoms with E-state index >= 15 is 0 Å². The quantitative estimate of drug-likeness (QED) is 0.456. The molecule has 0 aromatic rings. The molecule has 0 fully saturated rings. The molecule has 1 radical (unpaired) electrons. The highest BCUT2D eigenvalue weighted by atomic mass is 16.2. The van der Waals surface area contributed by atoms with Crippen LogP contribution in [-0.4, -0.2) is 12.2 Å².